The van der Waals surface area contributed by atoms with Crippen LogP contribution in [0.1, 0.15) is 11.1 Å². The number of halogens is 1. The Balaban J connectivity index is 2.37. The number of carbonyl (C=O) groups is 1. The molecule has 1 heterocycles. The van der Waals surface area contributed by atoms with Gasteiger partial charge in [0.25, 0.3) is 0 Å². The molecule has 0 saturated carbocycles. The second kappa shape index (κ2) is 5.55. The van der Waals surface area contributed by atoms with Crippen molar-refractivity contribution >= 4 is 33.9 Å². The van der Waals surface area contributed by atoms with Crippen LogP contribution in [-0.2, 0) is 4.79 Å². The van der Waals surface area contributed by atoms with Gasteiger partial charge in [-0.3, -0.25) is 9.78 Å². The summed E-state index contributed by atoms with van der Waals surface area (Å²) in [6, 6.07) is 11.4. The van der Waals surface area contributed by atoms with Crippen LogP contribution in [0.3, 0.4) is 0 Å². The zero-order valence-electron chi connectivity index (χ0n) is 9.01. The third kappa shape index (κ3) is 3.11. The summed E-state index contributed by atoms with van der Waals surface area (Å²) in [6.45, 7) is 0. The highest BCUT2D eigenvalue weighted by Crippen LogP contribution is 2.18. The zero-order chi connectivity index (χ0) is 12.1. The number of rotatable bonds is 3. The normalized spacial score (nSPS) is 11.2. The van der Waals surface area contributed by atoms with Crippen molar-refractivity contribution in [3.63, 3.8) is 0 Å². The number of carbonyl (C=O) groups excluding carboxylic acids is 1. The predicted molar refractivity (Wildman–Crippen MR) is 72.3 cm³/mol. The summed E-state index contributed by atoms with van der Waals surface area (Å²) in [5.74, 6) is 0. The van der Waals surface area contributed by atoms with Gasteiger partial charge in [-0.05, 0) is 35.4 Å². The molecule has 0 aliphatic carbocycles. The summed E-state index contributed by atoms with van der Waals surface area (Å²) in [7, 11) is 0. The monoisotopic (exact) mass is 287 g/mol. The first-order valence-electron chi connectivity index (χ1n) is 5.12. The average Bonchev–Trinajstić information content (AvgIpc) is 2.38. The molecule has 0 aliphatic heterocycles. The van der Waals surface area contributed by atoms with E-state index in [1.165, 1.54) is 0 Å². The number of aromatic nitrogens is 1. The number of nitrogens with zero attached hydrogens (tertiary/aromatic N) is 1. The summed E-state index contributed by atoms with van der Waals surface area (Å²) >= 11 is 3.37. The van der Waals surface area contributed by atoms with Gasteiger partial charge in [-0.15, -0.1) is 0 Å². The van der Waals surface area contributed by atoms with Crippen LogP contribution in [0.4, 0.5) is 0 Å². The first-order chi connectivity index (χ1) is 8.29. The molecule has 17 heavy (non-hydrogen) atoms. The van der Waals surface area contributed by atoms with E-state index in [1.807, 2.05) is 42.5 Å². The van der Waals surface area contributed by atoms with Crippen LogP contribution in [0.2, 0.25) is 0 Å². The number of hydrogen-bond donors (Lipinski definition) is 0. The third-order valence-electron chi connectivity index (χ3n) is 2.31. The Labute approximate surface area is 108 Å². The molecule has 0 fully saturated rings. The minimum atomic E-state index is 0.644. The summed E-state index contributed by atoms with van der Waals surface area (Å²) in [5.41, 5.74) is 2.45. The Hall–Kier alpha value is -1.74. The Kier molecular flexibility index (Phi) is 3.83. The van der Waals surface area contributed by atoms with Gasteiger partial charge in [0, 0.05) is 22.4 Å². The van der Waals surface area contributed by atoms with E-state index in [0.717, 1.165) is 21.9 Å². The fraction of sp³-hybridized carbons (Fsp3) is 0. The van der Waals surface area contributed by atoms with Crippen LogP contribution in [0.15, 0.2) is 53.3 Å². The maximum atomic E-state index is 11.1. The van der Waals surface area contributed by atoms with E-state index in [-0.39, 0.29) is 0 Å². The first-order valence-corrected chi connectivity index (χ1v) is 5.92. The molecule has 0 N–H and O–H groups in total. The molecule has 0 amide bonds. The molecule has 0 spiro atoms. The number of allylic oxidation sites excluding steroid dienone is 1. The van der Waals surface area contributed by atoms with E-state index in [1.54, 1.807) is 12.4 Å². The van der Waals surface area contributed by atoms with Crippen molar-refractivity contribution in [3.8, 4) is 0 Å². The minimum absolute atomic E-state index is 0.644. The molecule has 0 bridgehead atoms. The maximum absolute atomic E-state index is 11.1. The number of pyridine rings is 1. The molecule has 0 saturated heterocycles. The van der Waals surface area contributed by atoms with Crippen molar-refractivity contribution in [1.82, 2.24) is 4.98 Å². The predicted octanol–water partition coefficient (Wildman–Crippen LogP) is 3.58. The molecule has 84 valence electrons. The van der Waals surface area contributed by atoms with Crippen molar-refractivity contribution < 1.29 is 4.79 Å². The molecule has 2 rings (SSSR count). The molecule has 2 nitrogen and oxygen atoms in total. The van der Waals surface area contributed by atoms with E-state index >= 15 is 0 Å². The Morgan fingerprint density at radius 3 is 2.53 bits per heavy atom. The Bertz CT molecular complexity index is 532. The molecule has 1 aromatic carbocycles. The fourth-order valence-electron chi connectivity index (χ4n) is 1.47. The lowest BCUT2D eigenvalue weighted by Gasteiger charge is -2.01. The Morgan fingerprint density at radius 1 is 1.18 bits per heavy atom. The van der Waals surface area contributed by atoms with Crippen LogP contribution < -0.4 is 0 Å². The first kappa shape index (κ1) is 11.7. The van der Waals surface area contributed by atoms with Crippen molar-refractivity contribution in [3.05, 3.63) is 64.4 Å². The minimum Gasteiger partial charge on any atom is -0.298 e. The maximum Gasteiger partial charge on any atom is 0.150 e. The average molecular weight is 288 g/mol. The topological polar surface area (TPSA) is 30.0 Å². The van der Waals surface area contributed by atoms with E-state index in [2.05, 4.69) is 20.9 Å². The standard InChI is InChI=1S/C14H10BrNO/c15-14-5-3-12(4-6-14)13(10-17)8-11-2-1-7-16-9-11/h1-10H/b13-8+. The van der Waals surface area contributed by atoms with Crippen molar-refractivity contribution in [2.45, 2.75) is 0 Å². The number of benzene rings is 1. The van der Waals surface area contributed by atoms with Gasteiger partial charge in [-0.25, -0.2) is 0 Å². The van der Waals surface area contributed by atoms with Gasteiger partial charge in [-0.1, -0.05) is 34.1 Å². The molecule has 1 aromatic heterocycles. The summed E-state index contributed by atoms with van der Waals surface area (Å²) in [5, 5.41) is 0. The lowest BCUT2D eigenvalue weighted by atomic mass is 10.1. The van der Waals surface area contributed by atoms with Gasteiger partial charge in [0.2, 0.25) is 0 Å². The van der Waals surface area contributed by atoms with Gasteiger partial charge in [0.15, 0.2) is 6.29 Å². The molecule has 0 atom stereocenters. The fourth-order valence-corrected chi connectivity index (χ4v) is 1.73. The summed E-state index contributed by atoms with van der Waals surface area (Å²) in [4.78, 5) is 15.1. The molecule has 0 radical (unpaired) electrons. The van der Waals surface area contributed by atoms with E-state index in [4.69, 9.17) is 0 Å². The molecule has 0 unspecified atom stereocenters. The molecule has 3 heteroatoms. The summed E-state index contributed by atoms with van der Waals surface area (Å²) in [6.07, 6.45) is 6.11. The highest BCUT2D eigenvalue weighted by Gasteiger charge is 2.00. The van der Waals surface area contributed by atoms with Crippen LogP contribution in [-0.4, -0.2) is 11.3 Å². The quantitative estimate of drug-likeness (QED) is 0.638. The molecular formula is C14H10BrNO. The smallest absolute Gasteiger partial charge is 0.150 e. The van der Waals surface area contributed by atoms with Crippen LogP contribution in [0, 0.1) is 0 Å². The Morgan fingerprint density at radius 2 is 1.94 bits per heavy atom. The highest BCUT2D eigenvalue weighted by atomic mass is 79.9. The zero-order valence-corrected chi connectivity index (χ0v) is 10.6. The second-order valence-electron chi connectivity index (χ2n) is 3.51. The SMILES string of the molecule is O=C/C(=C\c1cccnc1)c1ccc(Br)cc1. The van der Waals surface area contributed by atoms with Gasteiger partial charge in [0.1, 0.15) is 0 Å². The molecule has 2 aromatic rings. The number of hydrogen-bond acceptors (Lipinski definition) is 2. The molecule has 0 aliphatic rings. The van der Waals surface area contributed by atoms with Crippen LogP contribution in [0.25, 0.3) is 11.6 Å². The lowest BCUT2D eigenvalue weighted by molar-refractivity contribution is -0.103. The van der Waals surface area contributed by atoms with Gasteiger partial charge in [-0.2, -0.15) is 0 Å². The van der Waals surface area contributed by atoms with Gasteiger partial charge >= 0.3 is 0 Å². The van der Waals surface area contributed by atoms with Crippen LogP contribution >= 0.6 is 15.9 Å². The van der Waals surface area contributed by atoms with Gasteiger partial charge in [0.05, 0.1) is 0 Å². The largest absolute Gasteiger partial charge is 0.298 e. The van der Waals surface area contributed by atoms with E-state index in [9.17, 15) is 4.79 Å². The third-order valence-corrected chi connectivity index (χ3v) is 2.84. The van der Waals surface area contributed by atoms with Crippen molar-refractivity contribution in [2.75, 3.05) is 0 Å². The highest BCUT2D eigenvalue weighted by molar-refractivity contribution is 9.10. The van der Waals surface area contributed by atoms with Crippen molar-refractivity contribution in [1.29, 1.82) is 0 Å². The molecular weight excluding hydrogens is 278 g/mol. The summed E-state index contributed by atoms with van der Waals surface area (Å²) < 4.78 is 0.993. The van der Waals surface area contributed by atoms with Crippen molar-refractivity contribution in [2.24, 2.45) is 0 Å². The van der Waals surface area contributed by atoms with E-state index in [0.29, 0.717) is 5.57 Å². The van der Waals surface area contributed by atoms with Crippen LogP contribution in [0.5, 0.6) is 0 Å². The van der Waals surface area contributed by atoms with E-state index < -0.39 is 0 Å². The number of aldehydes is 1. The second-order valence-corrected chi connectivity index (χ2v) is 4.43. The van der Waals surface area contributed by atoms with Gasteiger partial charge < -0.3 is 0 Å². The lowest BCUT2D eigenvalue weighted by Crippen LogP contribution is -1.86.